The summed E-state index contributed by atoms with van der Waals surface area (Å²) in [7, 11) is 6.90. The smallest absolute Gasteiger partial charge is 0.225 e. The van der Waals surface area contributed by atoms with Crippen LogP contribution in [0.15, 0.2) is 12.1 Å². The number of hydrogen-bond donors (Lipinski definition) is 0. The number of methoxy groups -OCH3 is 3. The maximum Gasteiger partial charge on any atom is 0.225 e. The molecule has 8 nitrogen and oxygen atoms in total. The van der Waals surface area contributed by atoms with E-state index >= 15 is 0 Å². The molecule has 1 saturated heterocycles. The average molecular weight is 427 g/mol. The lowest BCUT2D eigenvalue weighted by atomic mass is 9.81. The van der Waals surface area contributed by atoms with Crippen molar-refractivity contribution in [3.63, 3.8) is 0 Å². The minimum atomic E-state index is -0.0108. The van der Waals surface area contributed by atoms with E-state index in [1.165, 1.54) is 0 Å². The SMILES string of the molecule is COc1cc(C2CC(=O)c3c(C)nc(N4CCN(C)CC4)nc3C2)cc(OC)c1OC. The summed E-state index contributed by atoms with van der Waals surface area (Å²) in [6.45, 7) is 5.65. The van der Waals surface area contributed by atoms with Crippen molar-refractivity contribution in [2.45, 2.75) is 25.7 Å². The zero-order chi connectivity index (χ0) is 22.1. The first-order chi connectivity index (χ1) is 14.9. The summed E-state index contributed by atoms with van der Waals surface area (Å²) in [6, 6.07) is 3.86. The van der Waals surface area contributed by atoms with E-state index in [9.17, 15) is 4.79 Å². The maximum absolute atomic E-state index is 13.1. The summed E-state index contributed by atoms with van der Waals surface area (Å²) < 4.78 is 16.5. The van der Waals surface area contributed by atoms with Crippen LogP contribution in [0.2, 0.25) is 0 Å². The van der Waals surface area contributed by atoms with Gasteiger partial charge in [-0.3, -0.25) is 4.79 Å². The van der Waals surface area contributed by atoms with Gasteiger partial charge in [-0.25, -0.2) is 9.97 Å². The monoisotopic (exact) mass is 426 g/mol. The Morgan fingerprint density at radius 2 is 1.58 bits per heavy atom. The molecule has 31 heavy (non-hydrogen) atoms. The topological polar surface area (TPSA) is 77.0 Å². The van der Waals surface area contributed by atoms with Gasteiger partial charge in [-0.05, 0) is 44.0 Å². The largest absolute Gasteiger partial charge is 0.493 e. The number of piperazine rings is 1. The number of carbonyl (C=O) groups is 1. The molecular formula is C23H30N4O4. The zero-order valence-electron chi connectivity index (χ0n) is 18.9. The van der Waals surface area contributed by atoms with Crippen molar-refractivity contribution in [3.8, 4) is 17.2 Å². The van der Waals surface area contributed by atoms with Crippen molar-refractivity contribution in [1.82, 2.24) is 14.9 Å². The van der Waals surface area contributed by atoms with Crippen LogP contribution in [0, 0.1) is 6.92 Å². The summed E-state index contributed by atoms with van der Waals surface area (Å²) >= 11 is 0. The Labute approximate surface area is 183 Å². The lowest BCUT2D eigenvalue weighted by molar-refractivity contribution is 0.0961. The van der Waals surface area contributed by atoms with Crippen molar-refractivity contribution in [2.24, 2.45) is 0 Å². The van der Waals surface area contributed by atoms with E-state index in [0.29, 0.717) is 35.7 Å². The summed E-state index contributed by atoms with van der Waals surface area (Å²) in [5, 5.41) is 0. The molecule has 2 aromatic rings. The Morgan fingerprint density at radius 1 is 0.935 bits per heavy atom. The summed E-state index contributed by atoms with van der Waals surface area (Å²) in [5.74, 6) is 2.53. The molecule has 1 aliphatic heterocycles. The molecule has 0 radical (unpaired) electrons. The number of aryl methyl sites for hydroxylation is 1. The first-order valence-corrected chi connectivity index (χ1v) is 10.6. The third kappa shape index (κ3) is 4.04. The van der Waals surface area contributed by atoms with Crippen molar-refractivity contribution in [3.05, 3.63) is 34.6 Å². The van der Waals surface area contributed by atoms with Gasteiger partial charge in [0.05, 0.1) is 38.3 Å². The Hall–Kier alpha value is -2.87. The molecule has 2 aliphatic rings. The van der Waals surface area contributed by atoms with E-state index in [4.69, 9.17) is 19.2 Å². The predicted octanol–water partition coefficient (Wildman–Crippen LogP) is 2.48. The fraction of sp³-hybridized carbons (Fsp3) is 0.522. The summed E-state index contributed by atoms with van der Waals surface area (Å²) in [4.78, 5) is 27.1. The van der Waals surface area contributed by atoms with E-state index in [0.717, 1.165) is 49.1 Å². The van der Waals surface area contributed by atoms with Crippen LogP contribution in [-0.2, 0) is 6.42 Å². The summed E-state index contributed by atoms with van der Waals surface area (Å²) in [5.41, 5.74) is 3.26. The number of anilines is 1. The molecule has 1 aromatic heterocycles. The highest BCUT2D eigenvalue weighted by molar-refractivity contribution is 5.99. The lowest BCUT2D eigenvalue weighted by Crippen LogP contribution is -2.45. The minimum Gasteiger partial charge on any atom is -0.493 e. The molecule has 1 atom stereocenters. The molecule has 0 amide bonds. The van der Waals surface area contributed by atoms with Crippen LogP contribution >= 0.6 is 0 Å². The number of fused-ring (bicyclic) bond motifs is 1. The molecule has 0 spiro atoms. The number of benzene rings is 1. The number of likely N-dealkylation sites (N-methyl/N-ethyl adjacent to an activating group) is 1. The van der Waals surface area contributed by atoms with E-state index in [1.54, 1.807) is 21.3 Å². The predicted molar refractivity (Wildman–Crippen MR) is 118 cm³/mol. The molecule has 0 bridgehead atoms. The van der Waals surface area contributed by atoms with E-state index in [-0.39, 0.29) is 11.7 Å². The van der Waals surface area contributed by atoms with Crippen molar-refractivity contribution in [2.75, 3.05) is 59.5 Å². The molecule has 1 aliphatic carbocycles. The van der Waals surface area contributed by atoms with Gasteiger partial charge in [-0.2, -0.15) is 0 Å². The molecule has 0 N–H and O–H groups in total. The third-order valence-electron chi connectivity index (χ3n) is 6.25. The van der Waals surface area contributed by atoms with E-state index < -0.39 is 0 Å². The van der Waals surface area contributed by atoms with Crippen LogP contribution in [0.4, 0.5) is 5.95 Å². The molecule has 8 heteroatoms. The number of hydrogen-bond acceptors (Lipinski definition) is 8. The third-order valence-corrected chi connectivity index (χ3v) is 6.25. The Bertz CT molecular complexity index is 961. The van der Waals surface area contributed by atoms with Crippen LogP contribution < -0.4 is 19.1 Å². The first kappa shape index (κ1) is 21.4. The molecule has 2 heterocycles. The van der Waals surface area contributed by atoms with Crippen LogP contribution in [0.3, 0.4) is 0 Å². The molecular weight excluding hydrogens is 396 g/mol. The highest BCUT2D eigenvalue weighted by atomic mass is 16.5. The van der Waals surface area contributed by atoms with Gasteiger partial charge >= 0.3 is 0 Å². The molecule has 1 unspecified atom stereocenters. The molecule has 1 aromatic carbocycles. The van der Waals surface area contributed by atoms with E-state index in [2.05, 4.69) is 21.8 Å². The Morgan fingerprint density at radius 3 is 2.16 bits per heavy atom. The number of ketones is 1. The van der Waals surface area contributed by atoms with Gasteiger partial charge in [0, 0.05) is 32.6 Å². The fourth-order valence-electron chi connectivity index (χ4n) is 4.48. The highest BCUT2D eigenvalue weighted by Gasteiger charge is 2.32. The van der Waals surface area contributed by atoms with Gasteiger partial charge in [0.25, 0.3) is 0 Å². The normalized spacial score (nSPS) is 19.2. The standard InChI is InChI=1S/C23H30N4O4/c1-14-21-17(25-23(24-14)27-8-6-26(2)7-9-27)10-15(11-18(21)28)16-12-19(29-3)22(31-5)20(13-16)30-4/h12-13,15H,6-11H2,1-5H3. The van der Waals surface area contributed by atoms with Crippen molar-refractivity contribution in [1.29, 1.82) is 0 Å². The molecule has 0 saturated carbocycles. The Kier molecular flexibility index (Phi) is 6.00. The van der Waals surface area contributed by atoms with Crippen molar-refractivity contribution < 1.29 is 19.0 Å². The first-order valence-electron chi connectivity index (χ1n) is 10.6. The van der Waals surface area contributed by atoms with Gasteiger partial charge in [0.15, 0.2) is 17.3 Å². The van der Waals surface area contributed by atoms with Crippen LogP contribution in [0.1, 0.15) is 39.6 Å². The molecule has 4 rings (SSSR count). The second kappa shape index (κ2) is 8.70. The minimum absolute atomic E-state index is 0.0108. The zero-order valence-corrected chi connectivity index (χ0v) is 18.9. The average Bonchev–Trinajstić information content (AvgIpc) is 2.77. The number of rotatable bonds is 5. The Balaban J connectivity index is 1.68. The second-order valence-corrected chi connectivity index (χ2v) is 8.21. The number of nitrogens with zero attached hydrogens (tertiary/aromatic N) is 4. The number of ether oxygens (including phenoxy) is 3. The van der Waals surface area contributed by atoms with Gasteiger partial charge in [0.1, 0.15) is 0 Å². The van der Waals surface area contributed by atoms with Gasteiger partial charge in [-0.1, -0.05) is 0 Å². The number of carbonyl (C=O) groups excluding carboxylic acids is 1. The lowest BCUT2D eigenvalue weighted by Gasteiger charge is -2.33. The quantitative estimate of drug-likeness (QED) is 0.722. The number of aromatic nitrogens is 2. The van der Waals surface area contributed by atoms with Gasteiger partial charge in [0.2, 0.25) is 11.7 Å². The van der Waals surface area contributed by atoms with Crippen molar-refractivity contribution >= 4 is 11.7 Å². The number of Topliss-reactive ketones (excluding diaryl/α,β-unsaturated/α-hetero) is 1. The van der Waals surface area contributed by atoms with Crippen LogP contribution in [0.5, 0.6) is 17.2 Å². The summed E-state index contributed by atoms with van der Waals surface area (Å²) in [6.07, 6.45) is 1.08. The maximum atomic E-state index is 13.1. The van der Waals surface area contributed by atoms with Gasteiger partial charge < -0.3 is 24.0 Å². The van der Waals surface area contributed by atoms with E-state index in [1.807, 2.05) is 19.1 Å². The molecule has 1 fully saturated rings. The highest BCUT2D eigenvalue weighted by Crippen LogP contribution is 2.43. The molecule has 166 valence electrons. The fourth-order valence-corrected chi connectivity index (χ4v) is 4.48. The van der Waals surface area contributed by atoms with Gasteiger partial charge in [-0.15, -0.1) is 0 Å². The van der Waals surface area contributed by atoms with Crippen LogP contribution in [0.25, 0.3) is 0 Å². The van der Waals surface area contributed by atoms with Crippen LogP contribution in [-0.4, -0.2) is 75.2 Å². The second-order valence-electron chi connectivity index (χ2n) is 8.21.